The minimum Gasteiger partial charge on any atom is -0.497 e. The van der Waals surface area contributed by atoms with Crippen LogP contribution < -0.4 is 14.8 Å². The van der Waals surface area contributed by atoms with Gasteiger partial charge in [0.1, 0.15) is 11.5 Å². The first-order chi connectivity index (χ1) is 13.3. The number of hydrogen-bond acceptors (Lipinski definition) is 4. The summed E-state index contributed by atoms with van der Waals surface area (Å²) >= 11 is 0. The lowest BCUT2D eigenvalue weighted by Gasteiger charge is -2.40. The van der Waals surface area contributed by atoms with Crippen LogP contribution in [0.2, 0.25) is 0 Å². The number of benzene rings is 1. The first-order valence-electron chi connectivity index (χ1n) is 10.4. The predicted molar refractivity (Wildman–Crippen MR) is 114 cm³/mol. The van der Waals surface area contributed by atoms with Gasteiger partial charge in [0.25, 0.3) is 0 Å². The van der Waals surface area contributed by atoms with E-state index < -0.39 is 0 Å². The molecule has 0 saturated carbocycles. The summed E-state index contributed by atoms with van der Waals surface area (Å²) in [6.45, 7) is 11.7. The highest BCUT2D eigenvalue weighted by atomic mass is 16.5. The lowest BCUT2D eigenvalue weighted by Crippen LogP contribution is -2.50. The van der Waals surface area contributed by atoms with Crippen LogP contribution in [0.3, 0.4) is 0 Å². The average Bonchev–Trinajstić information content (AvgIpc) is 2.68. The summed E-state index contributed by atoms with van der Waals surface area (Å²) in [5.74, 6) is 1.86. The fraction of sp³-hybridized carbons (Fsp3) is 0.682. The van der Waals surface area contributed by atoms with Crippen molar-refractivity contribution >= 4 is 11.7 Å². The summed E-state index contributed by atoms with van der Waals surface area (Å²) in [6.07, 6.45) is 3.03. The molecule has 1 fully saturated rings. The van der Waals surface area contributed by atoms with E-state index in [1.807, 2.05) is 17.0 Å². The number of urea groups is 1. The third kappa shape index (κ3) is 6.03. The van der Waals surface area contributed by atoms with Gasteiger partial charge in [0.2, 0.25) is 0 Å². The first-order valence-corrected chi connectivity index (χ1v) is 10.4. The molecule has 0 spiro atoms. The Morgan fingerprint density at radius 2 is 1.86 bits per heavy atom. The Hall–Kier alpha value is -1.95. The molecule has 1 aliphatic heterocycles. The van der Waals surface area contributed by atoms with Gasteiger partial charge >= 0.3 is 6.03 Å². The third-order valence-electron chi connectivity index (χ3n) is 5.53. The number of carbonyl (C=O) groups excluding carboxylic acids is 1. The van der Waals surface area contributed by atoms with Crippen LogP contribution in [-0.4, -0.2) is 61.8 Å². The van der Waals surface area contributed by atoms with Crippen LogP contribution in [0, 0.1) is 5.92 Å². The maximum Gasteiger partial charge on any atom is 0.322 e. The number of amides is 2. The van der Waals surface area contributed by atoms with Gasteiger partial charge in [-0.3, -0.25) is 0 Å². The molecule has 1 saturated heterocycles. The van der Waals surface area contributed by atoms with Gasteiger partial charge in [-0.15, -0.1) is 0 Å². The number of methoxy groups -OCH3 is 2. The van der Waals surface area contributed by atoms with Gasteiger partial charge in [0.05, 0.1) is 19.9 Å². The van der Waals surface area contributed by atoms with Crippen LogP contribution in [0.25, 0.3) is 0 Å². The van der Waals surface area contributed by atoms with E-state index >= 15 is 0 Å². The normalized spacial score (nSPS) is 15.7. The van der Waals surface area contributed by atoms with Crippen LogP contribution >= 0.6 is 0 Å². The van der Waals surface area contributed by atoms with E-state index in [1.165, 1.54) is 0 Å². The molecule has 6 heteroatoms. The molecule has 0 aromatic heterocycles. The summed E-state index contributed by atoms with van der Waals surface area (Å²) in [5.41, 5.74) is 0.669. The van der Waals surface area contributed by atoms with Gasteiger partial charge in [0.15, 0.2) is 0 Å². The van der Waals surface area contributed by atoms with E-state index in [1.54, 1.807) is 20.3 Å². The van der Waals surface area contributed by atoms with E-state index in [4.69, 9.17) is 9.47 Å². The minimum atomic E-state index is -0.0490. The maximum absolute atomic E-state index is 13.2. The molecule has 0 bridgehead atoms. The van der Waals surface area contributed by atoms with Crippen molar-refractivity contribution in [2.75, 3.05) is 39.2 Å². The van der Waals surface area contributed by atoms with E-state index in [0.717, 1.165) is 38.9 Å². The van der Waals surface area contributed by atoms with Gasteiger partial charge in [-0.25, -0.2) is 4.79 Å². The van der Waals surface area contributed by atoms with Crippen molar-refractivity contribution in [2.45, 2.75) is 59.0 Å². The van der Waals surface area contributed by atoms with Crippen molar-refractivity contribution in [3.05, 3.63) is 18.2 Å². The SMILES string of the molecule is COc1ccc(NC(=O)N(CCC(C)C)C2CCN(C(C)C)CC2)c(OC)c1. The Kier molecular flexibility index (Phi) is 8.42. The molecule has 2 amide bonds. The summed E-state index contributed by atoms with van der Waals surface area (Å²) in [6, 6.07) is 6.23. The number of anilines is 1. The third-order valence-corrected chi connectivity index (χ3v) is 5.53. The Morgan fingerprint density at radius 3 is 2.39 bits per heavy atom. The van der Waals surface area contributed by atoms with Crippen molar-refractivity contribution < 1.29 is 14.3 Å². The highest BCUT2D eigenvalue weighted by molar-refractivity contribution is 5.91. The van der Waals surface area contributed by atoms with Gasteiger partial charge in [-0.1, -0.05) is 13.8 Å². The number of rotatable bonds is 8. The van der Waals surface area contributed by atoms with Crippen LogP contribution in [0.5, 0.6) is 11.5 Å². The number of carbonyl (C=O) groups is 1. The first kappa shape index (κ1) is 22.3. The molecule has 1 aromatic rings. The largest absolute Gasteiger partial charge is 0.497 e. The minimum absolute atomic E-state index is 0.0490. The Labute approximate surface area is 170 Å². The second kappa shape index (κ2) is 10.6. The van der Waals surface area contributed by atoms with Gasteiger partial charge in [-0.05, 0) is 51.2 Å². The average molecular weight is 392 g/mol. The molecular formula is C22H37N3O3. The van der Waals surface area contributed by atoms with Crippen LogP contribution in [-0.2, 0) is 0 Å². The van der Waals surface area contributed by atoms with Gasteiger partial charge < -0.3 is 24.6 Å². The lowest BCUT2D eigenvalue weighted by molar-refractivity contribution is 0.108. The van der Waals surface area contributed by atoms with Crippen molar-refractivity contribution in [3.63, 3.8) is 0 Å². The monoisotopic (exact) mass is 391 g/mol. The van der Waals surface area contributed by atoms with E-state index in [-0.39, 0.29) is 12.1 Å². The molecule has 0 aliphatic carbocycles. The summed E-state index contributed by atoms with van der Waals surface area (Å²) in [7, 11) is 3.22. The highest BCUT2D eigenvalue weighted by Crippen LogP contribution is 2.30. The topological polar surface area (TPSA) is 54.0 Å². The molecular weight excluding hydrogens is 354 g/mol. The molecule has 1 aromatic carbocycles. The Balaban J connectivity index is 2.11. The smallest absolute Gasteiger partial charge is 0.322 e. The van der Waals surface area contributed by atoms with Crippen molar-refractivity contribution in [2.24, 2.45) is 5.92 Å². The van der Waals surface area contributed by atoms with Crippen molar-refractivity contribution in [1.82, 2.24) is 9.80 Å². The number of piperidine rings is 1. The molecule has 28 heavy (non-hydrogen) atoms. The van der Waals surface area contributed by atoms with Gasteiger partial charge in [0, 0.05) is 37.8 Å². The van der Waals surface area contributed by atoms with Crippen LogP contribution in [0.15, 0.2) is 18.2 Å². The second-order valence-corrected chi connectivity index (χ2v) is 8.23. The van der Waals surface area contributed by atoms with Gasteiger partial charge in [-0.2, -0.15) is 0 Å². The second-order valence-electron chi connectivity index (χ2n) is 8.23. The molecule has 158 valence electrons. The zero-order valence-electron chi connectivity index (χ0n) is 18.3. The summed E-state index contributed by atoms with van der Waals surface area (Å²) < 4.78 is 10.7. The molecule has 1 aliphatic rings. The number of hydrogen-bond donors (Lipinski definition) is 1. The van der Waals surface area contributed by atoms with Crippen molar-refractivity contribution in [1.29, 1.82) is 0 Å². The molecule has 0 atom stereocenters. The lowest BCUT2D eigenvalue weighted by atomic mass is 10.0. The van der Waals surface area contributed by atoms with Crippen LogP contribution in [0.4, 0.5) is 10.5 Å². The van der Waals surface area contributed by atoms with E-state index in [2.05, 4.69) is 37.9 Å². The fourth-order valence-electron chi connectivity index (χ4n) is 3.65. The zero-order valence-corrected chi connectivity index (χ0v) is 18.3. The molecule has 1 N–H and O–H groups in total. The number of nitrogens with one attached hydrogen (secondary N) is 1. The number of nitrogens with zero attached hydrogens (tertiary/aromatic N) is 2. The van der Waals surface area contributed by atoms with Crippen molar-refractivity contribution in [3.8, 4) is 11.5 Å². The summed E-state index contributed by atoms with van der Waals surface area (Å²) in [5, 5.41) is 3.06. The zero-order chi connectivity index (χ0) is 20.7. The Morgan fingerprint density at radius 1 is 1.18 bits per heavy atom. The predicted octanol–water partition coefficient (Wildman–Crippen LogP) is 4.46. The molecule has 0 unspecified atom stereocenters. The Bertz CT molecular complexity index is 625. The molecule has 6 nitrogen and oxygen atoms in total. The highest BCUT2D eigenvalue weighted by Gasteiger charge is 2.29. The molecule has 0 radical (unpaired) electrons. The number of ether oxygens (including phenoxy) is 2. The number of likely N-dealkylation sites (tertiary alicyclic amines) is 1. The van der Waals surface area contributed by atoms with E-state index in [9.17, 15) is 4.79 Å². The quantitative estimate of drug-likeness (QED) is 0.711. The standard InChI is InChI=1S/C22H37N3O3/c1-16(2)9-14-25(18-10-12-24(13-11-18)17(3)4)22(26)23-20-8-7-19(27-5)15-21(20)28-6/h7-8,15-18H,9-14H2,1-6H3,(H,23,26). The summed E-state index contributed by atoms with van der Waals surface area (Å²) in [4.78, 5) is 17.7. The molecule has 2 rings (SSSR count). The maximum atomic E-state index is 13.2. The van der Waals surface area contributed by atoms with E-state index in [0.29, 0.717) is 29.1 Å². The molecule has 1 heterocycles. The fourth-order valence-corrected chi connectivity index (χ4v) is 3.65. The van der Waals surface area contributed by atoms with Crippen LogP contribution in [0.1, 0.15) is 47.0 Å².